The lowest BCUT2D eigenvalue weighted by Crippen LogP contribution is -2.29. The Morgan fingerprint density at radius 2 is 1.97 bits per heavy atom. The van der Waals surface area contributed by atoms with Gasteiger partial charge in [0.15, 0.2) is 0 Å². The summed E-state index contributed by atoms with van der Waals surface area (Å²) in [6.07, 6.45) is 3.18. The van der Waals surface area contributed by atoms with Gasteiger partial charge >= 0.3 is 0 Å². The number of nitrogens with zero attached hydrogens (tertiary/aromatic N) is 1. The fourth-order valence-electron chi connectivity index (χ4n) is 3.43. The zero-order chi connectivity index (χ0) is 21.3. The molecule has 2 N–H and O–H groups in total. The second kappa shape index (κ2) is 7.95. The topological polar surface area (TPSA) is 101 Å². The molecule has 1 aliphatic heterocycles. The zero-order valence-electron chi connectivity index (χ0n) is 16.9. The van der Waals surface area contributed by atoms with Crippen LogP contribution in [-0.2, 0) is 21.2 Å². The molecule has 0 saturated heterocycles. The number of sulfonamides is 1. The van der Waals surface area contributed by atoms with E-state index >= 15 is 0 Å². The number of anilines is 1. The van der Waals surface area contributed by atoms with Crippen molar-refractivity contribution in [3.05, 3.63) is 59.4 Å². The van der Waals surface area contributed by atoms with E-state index in [1.165, 1.54) is 12.1 Å². The number of carbonyl (C=O) groups excluding carboxylic acids is 1. The molecule has 0 unspecified atom stereocenters. The number of carbonyl (C=O) groups is 1. The average Bonchev–Trinajstić information content (AvgIpc) is 3.33. The van der Waals surface area contributed by atoms with Crippen LogP contribution in [0.1, 0.15) is 29.5 Å². The Kier molecular flexibility index (Phi) is 5.34. The molecule has 1 aromatic heterocycles. The van der Waals surface area contributed by atoms with Crippen LogP contribution >= 0.6 is 0 Å². The van der Waals surface area contributed by atoms with Crippen LogP contribution < -0.4 is 10.0 Å². The molecule has 0 saturated carbocycles. The number of amidine groups is 1. The number of fused-ring (bicyclic) bond motifs is 1. The summed E-state index contributed by atoms with van der Waals surface area (Å²) in [4.78, 5) is 16.8. The number of nitrogens with one attached hydrogen (secondary N) is 2. The highest BCUT2D eigenvalue weighted by Gasteiger charge is 2.19. The lowest BCUT2D eigenvalue weighted by molar-refractivity contribution is -0.115. The van der Waals surface area contributed by atoms with Gasteiger partial charge in [-0.05, 0) is 61.7 Å². The largest absolute Gasteiger partial charge is 0.464 e. The van der Waals surface area contributed by atoms with E-state index in [4.69, 9.17) is 4.42 Å². The van der Waals surface area contributed by atoms with Crippen LogP contribution in [0.2, 0.25) is 0 Å². The highest BCUT2D eigenvalue weighted by Crippen LogP contribution is 2.25. The first-order valence-electron chi connectivity index (χ1n) is 9.75. The highest BCUT2D eigenvalue weighted by molar-refractivity contribution is 7.90. The number of hydrogen-bond acceptors (Lipinski definition) is 5. The Labute approximate surface area is 175 Å². The molecule has 1 aliphatic rings. The standard InChI is InChI=1S/C22H23N3O4S/c1-14-9-19-16(13-29-20(19)10-15(14)2)11-22(26)24-17-5-3-6-18(12-17)30(27,28)25-21-7-4-8-23-21/h3,5-6,9-10,12-13H,4,7-8,11H2,1-2H3,(H,23,25)(H,24,26). The van der Waals surface area contributed by atoms with E-state index in [-0.39, 0.29) is 17.2 Å². The summed E-state index contributed by atoms with van der Waals surface area (Å²) in [6.45, 7) is 4.66. The summed E-state index contributed by atoms with van der Waals surface area (Å²) in [5, 5.41) is 3.68. The van der Waals surface area contributed by atoms with Gasteiger partial charge in [0.25, 0.3) is 10.0 Å². The van der Waals surface area contributed by atoms with E-state index in [1.54, 1.807) is 18.4 Å². The molecule has 0 bridgehead atoms. The molecule has 3 aromatic rings. The van der Waals surface area contributed by atoms with Crippen molar-refractivity contribution in [1.29, 1.82) is 0 Å². The summed E-state index contributed by atoms with van der Waals surface area (Å²) in [7, 11) is -3.74. The molecule has 30 heavy (non-hydrogen) atoms. The van der Waals surface area contributed by atoms with Gasteiger partial charge in [0, 0.05) is 29.6 Å². The van der Waals surface area contributed by atoms with Crippen molar-refractivity contribution in [3.63, 3.8) is 0 Å². The molecule has 8 heteroatoms. The lowest BCUT2D eigenvalue weighted by atomic mass is 10.0. The normalized spacial score (nSPS) is 14.0. The van der Waals surface area contributed by atoms with Gasteiger partial charge in [-0.15, -0.1) is 0 Å². The van der Waals surface area contributed by atoms with Crippen molar-refractivity contribution >= 4 is 38.4 Å². The van der Waals surface area contributed by atoms with Gasteiger partial charge in [0.2, 0.25) is 5.91 Å². The van der Waals surface area contributed by atoms with Crippen molar-refractivity contribution in [2.75, 3.05) is 11.9 Å². The summed E-state index contributed by atoms with van der Waals surface area (Å²) in [5.74, 6) is 0.223. The summed E-state index contributed by atoms with van der Waals surface area (Å²) < 4.78 is 33.2. The van der Waals surface area contributed by atoms with Crippen LogP contribution in [-0.4, -0.2) is 26.7 Å². The lowest BCUT2D eigenvalue weighted by Gasteiger charge is -2.10. The number of rotatable bonds is 5. The van der Waals surface area contributed by atoms with Gasteiger partial charge in [-0.3, -0.25) is 14.5 Å². The number of hydrogen-bond donors (Lipinski definition) is 2. The smallest absolute Gasteiger partial charge is 0.262 e. The van der Waals surface area contributed by atoms with Crippen molar-refractivity contribution < 1.29 is 17.6 Å². The number of furan rings is 1. The molecule has 1 amide bonds. The monoisotopic (exact) mass is 425 g/mol. The van der Waals surface area contributed by atoms with E-state index < -0.39 is 10.0 Å². The number of benzene rings is 2. The fraction of sp³-hybridized carbons (Fsp3) is 0.273. The number of aliphatic imine (C=N–C) groups is 1. The maximum absolute atomic E-state index is 12.6. The third-order valence-corrected chi connectivity index (χ3v) is 6.55. The van der Waals surface area contributed by atoms with Crippen LogP contribution in [0.5, 0.6) is 0 Å². The number of aryl methyl sites for hydroxylation is 2. The average molecular weight is 426 g/mol. The molecule has 0 radical (unpaired) electrons. The fourth-order valence-corrected chi connectivity index (χ4v) is 4.56. The summed E-state index contributed by atoms with van der Waals surface area (Å²) in [6, 6.07) is 10.2. The first kappa shape index (κ1) is 20.2. The van der Waals surface area contributed by atoms with Gasteiger partial charge in [-0.25, -0.2) is 8.42 Å². The predicted molar refractivity (Wildman–Crippen MR) is 116 cm³/mol. The van der Waals surface area contributed by atoms with Crippen molar-refractivity contribution in [2.24, 2.45) is 4.99 Å². The van der Waals surface area contributed by atoms with Crippen molar-refractivity contribution in [3.8, 4) is 0 Å². The Morgan fingerprint density at radius 3 is 2.73 bits per heavy atom. The molecule has 7 nitrogen and oxygen atoms in total. The van der Waals surface area contributed by atoms with Crippen LogP contribution in [0.25, 0.3) is 11.0 Å². The summed E-state index contributed by atoms with van der Waals surface area (Å²) in [5.41, 5.74) is 4.20. The molecule has 4 rings (SSSR count). The SMILES string of the molecule is Cc1cc2occ(CC(=O)Nc3cccc(S(=O)(=O)NC4=NCCC4)c3)c2cc1C. The maximum atomic E-state index is 12.6. The maximum Gasteiger partial charge on any atom is 0.262 e. The molecule has 0 fully saturated rings. The van der Waals surface area contributed by atoms with Crippen LogP contribution in [0.15, 0.2) is 57.0 Å². The molecule has 2 heterocycles. The minimum Gasteiger partial charge on any atom is -0.464 e. The summed E-state index contributed by atoms with van der Waals surface area (Å²) >= 11 is 0. The van der Waals surface area contributed by atoms with Crippen molar-refractivity contribution in [1.82, 2.24) is 4.72 Å². The third-order valence-electron chi connectivity index (χ3n) is 5.18. The zero-order valence-corrected chi connectivity index (χ0v) is 17.7. The first-order valence-corrected chi connectivity index (χ1v) is 11.2. The van der Waals surface area contributed by atoms with E-state index in [2.05, 4.69) is 15.0 Å². The van der Waals surface area contributed by atoms with Crippen molar-refractivity contribution in [2.45, 2.75) is 38.0 Å². The molecular formula is C22H23N3O4S. The van der Waals surface area contributed by atoms with Gasteiger partial charge in [0.05, 0.1) is 17.6 Å². The van der Waals surface area contributed by atoms with E-state index in [0.29, 0.717) is 24.5 Å². The molecule has 0 atom stereocenters. The predicted octanol–water partition coefficient (Wildman–Crippen LogP) is 3.70. The quantitative estimate of drug-likeness (QED) is 0.651. The Morgan fingerprint density at radius 1 is 1.17 bits per heavy atom. The minimum atomic E-state index is -3.74. The van der Waals surface area contributed by atoms with Crippen LogP contribution in [0, 0.1) is 13.8 Å². The van der Waals surface area contributed by atoms with E-state index in [9.17, 15) is 13.2 Å². The molecule has 156 valence electrons. The van der Waals surface area contributed by atoms with Crippen LogP contribution in [0.4, 0.5) is 5.69 Å². The van der Waals surface area contributed by atoms with Gasteiger partial charge in [0.1, 0.15) is 11.4 Å². The first-order chi connectivity index (χ1) is 14.3. The minimum absolute atomic E-state index is 0.0785. The second-order valence-electron chi connectivity index (χ2n) is 7.48. The molecule has 2 aromatic carbocycles. The molecule has 0 aliphatic carbocycles. The van der Waals surface area contributed by atoms with Gasteiger partial charge < -0.3 is 9.73 Å². The molecule has 0 spiro atoms. The highest BCUT2D eigenvalue weighted by atomic mass is 32.2. The second-order valence-corrected chi connectivity index (χ2v) is 9.17. The number of amides is 1. The Bertz CT molecular complexity index is 1260. The Hall–Kier alpha value is -3.13. The van der Waals surface area contributed by atoms with Gasteiger partial charge in [-0.2, -0.15) is 0 Å². The Balaban J connectivity index is 1.49. The van der Waals surface area contributed by atoms with E-state index in [1.807, 2.05) is 26.0 Å². The third kappa shape index (κ3) is 4.23. The van der Waals surface area contributed by atoms with Gasteiger partial charge in [-0.1, -0.05) is 6.07 Å². The van der Waals surface area contributed by atoms with E-state index in [0.717, 1.165) is 34.1 Å². The molecular weight excluding hydrogens is 402 g/mol. The van der Waals surface area contributed by atoms with Crippen LogP contribution in [0.3, 0.4) is 0 Å².